The number of aromatic nitrogens is 1. The van der Waals surface area contributed by atoms with Crippen LogP contribution in [0, 0.1) is 5.92 Å². The lowest BCUT2D eigenvalue weighted by Crippen LogP contribution is -2.39. The van der Waals surface area contributed by atoms with Crippen LogP contribution in [0.5, 0.6) is 0 Å². The van der Waals surface area contributed by atoms with E-state index in [2.05, 4.69) is 12.2 Å². The van der Waals surface area contributed by atoms with Gasteiger partial charge >= 0.3 is 0 Å². The van der Waals surface area contributed by atoms with Crippen LogP contribution in [0.1, 0.15) is 19.8 Å². The van der Waals surface area contributed by atoms with Crippen molar-refractivity contribution in [2.45, 2.75) is 32.4 Å². The minimum absolute atomic E-state index is 0.108. The number of nitrogens with one attached hydrogen (secondary N) is 1. The third-order valence-corrected chi connectivity index (χ3v) is 3.12. The molecule has 3 heteroatoms. The predicted octanol–water partition coefficient (Wildman–Crippen LogP) is 1.24. The van der Waals surface area contributed by atoms with Gasteiger partial charge in [-0.15, -0.1) is 0 Å². The summed E-state index contributed by atoms with van der Waals surface area (Å²) >= 11 is 0. The van der Waals surface area contributed by atoms with Gasteiger partial charge in [0.2, 0.25) is 0 Å². The zero-order chi connectivity index (χ0) is 10.7. The van der Waals surface area contributed by atoms with Crippen LogP contribution in [0.25, 0.3) is 0 Å². The molecule has 1 fully saturated rings. The van der Waals surface area contributed by atoms with Crippen LogP contribution in [0.2, 0.25) is 0 Å². The van der Waals surface area contributed by atoms with Gasteiger partial charge in [-0.3, -0.25) is 4.79 Å². The third kappa shape index (κ3) is 2.69. The van der Waals surface area contributed by atoms with Crippen molar-refractivity contribution in [1.82, 2.24) is 9.88 Å². The molecule has 3 nitrogen and oxygen atoms in total. The molecule has 0 spiro atoms. The van der Waals surface area contributed by atoms with Gasteiger partial charge in [0.05, 0.1) is 0 Å². The summed E-state index contributed by atoms with van der Waals surface area (Å²) in [6.07, 6.45) is 4.31. The number of nitrogens with zero attached hydrogens (tertiary/aromatic N) is 1. The van der Waals surface area contributed by atoms with Crippen LogP contribution in [-0.4, -0.2) is 17.2 Å². The van der Waals surface area contributed by atoms with Crippen molar-refractivity contribution in [2.75, 3.05) is 6.54 Å². The topological polar surface area (TPSA) is 34.0 Å². The Morgan fingerprint density at radius 3 is 3.00 bits per heavy atom. The van der Waals surface area contributed by atoms with Crippen LogP contribution < -0.4 is 10.9 Å². The number of hydrogen-bond donors (Lipinski definition) is 1. The van der Waals surface area contributed by atoms with Crippen LogP contribution in [0.3, 0.4) is 0 Å². The molecule has 2 heterocycles. The highest BCUT2D eigenvalue weighted by atomic mass is 16.1. The van der Waals surface area contributed by atoms with E-state index < -0.39 is 0 Å². The van der Waals surface area contributed by atoms with Crippen molar-refractivity contribution in [3.8, 4) is 0 Å². The van der Waals surface area contributed by atoms with Crippen molar-refractivity contribution < 1.29 is 0 Å². The Labute approximate surface area is 90.1 Å². The lowest BCUT2D eigenvalue weighted by atomic mass is 9.95. The van der Waals surface area contributed by atoms with Gasteiger partial charge in [0, 0.05) is 24.8 Å². The maximum Gasteiger partial charge on any atom is 0.250 e. The van der Waals surface area contributed by atoms with Gasteiger partial charge in [-0.1, -0.05) is 6.07 Å². The van der Waals surface area contributed by atoms with Gasteiger partial charge < -0.3 is 9.88 Å². The average molecular weight is 206 g/mol. The van der Waals surface area contributed by atoms with Gasteiger partial charge in [-0.25, -0.2) is 0 Å². The van der Waals surface area contributed by atoms with E-state index in [1.165, 1.54) is 12.8 Å². The molecule has 0 aromatic carbocycles. The van der Waals surface area contributed by atoms with Crippen molar-refractivity contribution in [3.05, 3.63) is 34.7 Å². The maximum absolute atomic E-state index is 11.5. The minimum atomic E-state index is 0.108. The zero-order valence-corrected chi connectivity index (χ0v) is 9.15. The number of rotatable bonds is 2. The molecule has 1 aliphatic heterocycles. The summed E-state index contributed by atoms with van der Waals surface area (Å²) in [4.78, 5) is 11.5. The monoisotopic (exact) mass is 206 g/mol. The summed E-state index contributed by atoms with van der Waals surface area (Å²) in [7, 11) is 0. The molecule has 2 atom stereocenters. The minimum Gasteiger partial charge on any atom is -0.315 e. The second-order valence-corrected chi connectivity index (χ2v) is 4.44. The number of piperidine rings is 1. The van der Waals surface area contributed by atoms with E-state index in [4.69, 9.17) is 0 Å². The summed E-state index contributed by atoms with van der Waals surface area (Å²) in [5.74, 6) is 0.598. The Morgan fingerprint density at radius 2 is 2.33 bits per heavy atom. The molecular formula is C12H18N2O. The molecule has 1 N–H and O–H groups in total. The third-order valence-electron chi connectivity index (χ3n) is 3.12. The normalized spacial score (nSPS) is 26.5. The quantitative estimate of drug-likeness (QED) is 0.790. The molecule has 1 saturated heterocycles. The lowest BCUT2D eigenvalue weighted by molar-refractivity contribution is 0.292. The summed E-state index contributed by atoms with van der Waals surface area (Å²) in [5, 5.41) is 3.46. The van der Waals surface area contributed by atoms with Gasteiger partial charge in [-0.05, 0) is 38.3 Å². The first-order valence-corrected chi connectivity index (χ1v) is 5.64. The van der Waals surface area contributed by atoms with Crippen LogP contribution in [0.15, 0.2) is 29.2 Å². The van der Waals surface area contributed by atoms with Gasteiger partial charge in [-0.2, -0.15) is 0 Å². The maximum atomic E-state index is 11.5. The Hall–Kier alpha value is -1.09. The molecular weight excluding hydrogens is 188 g/mol. The highest BCUT2D eigenvalue weighted by molar-refractivity contribution is 4.93. The highest BCUT2D eigenvalue weighted by Gasteiger charge is 2.17. The van der Waals surface area contributed by atoms with Gasteiger partial charge in [0.25, 0.3) is 5.56 Å². The summed E-state index contributed by atoms with van der Waals surface area (Å²) in [6.45, 7) is 4.09. The first kappa shape index (κ1) is 10.4. The Kier molecular flexibility index (Phi) is 3.21. The molecule has 2 unspecified atom stereocenters. The van der Waals surface area contributed by atoms with Crippen molar-refractivity contribution >= 4 is 0 Å². The molecule has 0 radical (unpaired) electrons. The highest BCUT2D eigenvalue weighted by Crippen LogP contribution is 2.15. The molecule has 2 rings (SSSR count). The van der Waals surface area contributed by atoms with Crippen molar-refractivity contribution in [2.24, 2.45) is 5.92 Å². The number of pyridine rings is 1. The molecule has 0 aliphatic carbocycles. The van der Waals surface area contributed by atoms with Gasteiger partial charge in [0.15, 0.2) is 0 Å². The molecule has 15 heavy (non-hydrogen) atoms. The summed E-state index contributed by atoms with van der Waals surface area (Å²) in [6, 6.07) is 5.97. The Bertz CT molecular complexity index is 364. The van der Waals surface area contributed by atoms with E-state index >= 15 is 0 Å². The van der Waals surface area contributed by atoms with E-state index in [1.807, 2.05) is 16.8 Å². The summed E-state index contributed by atoms with van der Waals surface area (Å²) < 4.78 is 1.81. The van der Waals surface area contributed by atoms with E-state index in [-0.39, 0.29) is 5.56 Å². The molecule has 1 aromatic rings. The average Bonchev–Trinajstić information content (AvgIpc) is 2.25. The van der Waals surface area contributed by atoms with Crippen LogP contribution in [-0.2, 0) is 6.54 Å². The molecule has 1 aromatic heterocycles. The predicted molar refractivity (Wildman–Crippen MR) is 60.9 cm³/mol. The van der Waals surface area contributed by atoms with E-state index in [1.54, 1.807) is 12.1 Å². The summed E-state index contributed by atoms with van der Waals surface area (Å²) in [5.41, 5.74) is 0.108. The lowest BCUT2D eigenvalue weighted by Gasteiger charge is -2.27. The fourth-order valence-electron chi connectivity index (χ4n) is 2.10. The van der Waals surface area contributed by atoms with E-state index in [9.17, 15) is 4.79 Å². The van der Waals surface area contributed by atoms with E-state index in [0.717, 1.165) is 13.1 Å². The fraction of sp³-hybridized carbons (Fsp3) is 0.583. The van der Waals surface area contributed by atoms with Gasteiger partial charge in [0.1, 0.15) is 0 Å². The fourth-order valence-corrected chi connectivity index (χ4v) is 2.10. The second kappa shape index (κ2) is 4.62. The smallest absolute Gasteiger partial charge is 0.250 e. The first-order chi connectivity index (χ1) is 7.25. The SMILES string of the molecule is CC1CCC(Cn2ccccc2=O)CN1. The second-order valence-electron chi connectivity index (χ2n) is 4.44. The first-order valence-electron chi connectivity index (χ1n) is 5.64. The van der Waals surface area contributed by atoms with Crippen molar-refractivity contribution in [3.63, 3.8) is 0 Å². The molecule has 0 bridgehead atoms. The molecule has 1 aliphatic rings. The van der Waals surface area contributed by atoms with E-state index in [0.29, 0.717) is 12.0 Å². The Balaban J connectivity index is 1.98. The van der Waals surface area contributed by atoms with Crippen molar-refractivity contribution in [1.29, 1.82) is 0 Å². The molecule has 0 saturated carbocycles. The molecule has 82 valence electrons. The standard InChI is InChI=1S/C12H18N2O/c1-10-5-6-11(8-13-10)9-14-7-3-2-4-12(14)15/h2-4,7,10-11,13H,5-6,8-9H2,1H3. The Morgan fingerprint density at radius 1 is 1.47 bits per heavy atom. The van der Waals surface area contributed by atoms with Crippen LogP contribution in [0.4, 0.5) is 0 Å². The molecule has 0 amide bonds. The number of hydrogen-bond acceptors (Lipinski definition) is 2. The largest absolute Gasteiger partial charge is 0.315 e. The van der Waals surface area contributed by atoms with Crippen LogP contribution >= 0.6 is 0 Å². The zero-order valence-electron chi connectivity index (χ0n) is 9.15.